The summed E-state index contributed by atoms with van der Waals surface area (Å²) < 4.78 is 0. The number of nitro groups is 1. The number of nitro benzene ring substituents is 1. The Labute approximate surface area is 130 Å². The molecule has 0 aromatic heterocycles. The highest BCUT2D eigenvalue weighted by Gasteiger charge is 2.23. The second kappa shape index (κ2) is 7.20. The van der Waals surface area contributed by atoms with Crippen LogP contribution in [0.5, 0.6) is 0 Å². The van der Waals surface area contributed by atoms with Crippen molar-refractivity contribution < 1.29 is 14.5 Å². The summed E-state index contributed by atoms with van der Waals surface area (Å²) in [6.07, 6.45) is -0.226. The van der Waals surface area contributed by atoms with Gasteiger partial charge in [-0.25, -0.2) is 0 Å². The molecule has 1 aromatic carbocycles. The Morgan fingerprint density at radius 3 is 2.73 bits per heavy atom. The smallest absolute Gasteiger partial charge is 0.269 e. The molecule has 9 nitrogen and oxygen atoms in total. The highest BCUT2D eigenvalue weighted by molar-refractivity contribution is 8.00. The second-order valence-electron chi connectivity index (χ2n) is 4.59. The number of non-ortho nitro benzene ring substituents is 1. The predicted octanol–water partition coefficient (Wildman–Crippen LogP) is -0.0556. The number of anilines is 1. The monoisotopic (exact) mass is 325 g/mol. The van der Waals surface area contributed by atoms with Crippen molar-refractivity contribution >= 4 is 35.0 Å². The van der Waals surface area contributed by atoms with Gasteiger partial charge < -0.3 is 16.4 Å². The van der Waals surface area contributed by atoms with Crippen molar-refractivity contribution in [2.45, 2.75) is 18.1 Å². The van der Waals surface area contributed by atoms with Gasteiger partial charge >= 0.3 is 0 Å². The van der Waals surface area contributed by atoms with E-state index in [9.17, 15) is 19.7 Å². The van der Waals surface area contributed by atoms with E-state index in [1.807, 2.05) is 0 Å². The Bertz CT molecular complexity index is 579. The van der Waals surface area contributed by atoms with Crippen LogP contribution in [0.1, 0.15) is 6.42 Å². The molecule has 10 heteroatoms. The number of rotatable bonds is 5. The Kier molecular flexibility index (Phi) is 5.31. The first-order valence-corrected chi connectivity index (χ1v) is 7.46. The van der Waals surface area contributed by atoms with Gasteiger partial charge in [-0.1, -0.05) is 0 Å². The SMILES string of the molecule is NC1CC(=O)NC(SCC(=O)Nc2ccc([N+](=O)[O-])cc2)N1. The third-order valence-electron chi connectivity index (χ3n) is 2.81. The van der Waals surface area contributed by atoms with E-state index in [0.717, 1.165) is 0 Å². The minimum Gasteiger partial charge on any atom is -0.332 e. The van der Waals surface area contributed by atoms with Crippen LogP contribution >= 0.6 is 11.8 Å². The summed E-state index contributed by atoms with van der Waals surface area (Å²) in [4.78, 5) is 33.1. The first-order valence-electron chi connectivity index (χ1n) is 6.41. The summed E-state index contributed by atoms with van der Waals surface area (Å²) in [6.45, 7) is 0. The Balaban J connectivity index is 1.80. The topological polar surface area (TPSA) is 139 Å². The van der Waals surface area contributed by atoms with Gasteiger partial charge in [0.2, 0.25) is 11.8 Å². The molecule has 1 aromatic rings. The zero-order chi connectivity index (χ0) is 16.1. The maximum absolute atomic E-state index is 11.8. The number of carbonyl (C=O) groups is 2. The molecule has 1 saturated heterocycles. The standard InChI is InChI=1S/C12H15N5O4S/c13-9-5-10(18)16-12(15-9)22-6-11(19)14-7-1-3-8(4-2-7)17(20)21/h1-4,9,12,15H,5-6,13H2,(H,14,19)(H,16,18). The Morgan fingerprint density at radius 1 is 1.45 bits per heavy atom. The van der Waals surface area contributed by atoms with E-state index >= 15 is 0 Å². The minimum atomic E-state index is -0.512. The van der Waals surface area contributed by atoms with Gasteiger partial charge in [-0.2, -0.15) is 0 Å². The molecule has 1 aliphatic heterocycles. The number of hydrogen-bond donors (Lipinski definition) is 4. The number of nitrogens with two attached hydrogens (primary N) is 1. The molecule has 0 bridgehead atoms. The molecule has 118 valence electrons. The summed E-state index contributed by atoms with van der Waals surface area (Å²) >= 11 is 1.20. The molecule has 0 saturated carbocycles. The predicted molar refractivity (Wildman–Crippen MR) is 81.8 cm³/mol. The van der Waals surface area contributed by atoms with Crippen LogP contribution < -0.4 is 21.7 Å². The molecule has 5 N–H and O–H groups in total. The Hall–Kier alpha value is -2.17. The largest absolute Gasteiger partial charge is 0.332 e. The molecule has 2 unspecified atom stereocenters. The Morgan fingerprint density at radius 2 is 2.14 bits per heavy atom. The molecular formula is C12H15N5O4S. The number of amides is 2. The third kappa shape index (κ3) is 4.69. The molecule has 2 amide bonds. The zero-order valence-corrected chi connectivity index (χ0v) is 12.3. The molecule has 0 aliphatic carbocycles. The van der Waals surface area contributed by atoms with E-state index in [1.54, 1.807) is 0 Å². The van der Waals surface area contributed by atoms with Crippen molar-refractivity contribution in [3.05, 3.63) is 34.4 Å². The molecule has 2 atom stereocenters. The van der Waals surface area contributed by atoms with Gasteiger partial charge in [0.05, 0.1) is 23.3 Å². The minimum absolute atomic E-state index is 0.0459. The summed E-state index contributed by atoms with van der Waals surface area (Å²) in [5.74, 6) is -0.352. The van der Waals surface area contributed by atoms with Crippen LogP contribution in [0, 0.1) is 10.1 Å². The highest BCUT2D eigenvalue weighted by atomic mass is 32.2. The van der Waals surface area contributed by atoms with Crippen molar-refractivity contribution in [1.82, 2.24) is 10.6 Å². The van der Waals surface area contributed by atoms with Gasteiger partial charge in [0.25, 0.3) is 5.69 Å². The van der Waals surface area contributed by atoms with E-state index in [4.69, 9.17) is 5.73 Å². The van der Waals surface area contributed by atoms with Crippen molar-refractivity contribution in [1.29, 1.82) is 0 Å². The van der Waals surface area contributed by atoms with E-state index in [1.165, 1.54) is 36.0 Å². The average Bonchev–Trinajstić information content (AvgIpc) is 2.45. The molecule has 22 heavy (non-hydrogen) atoms. The van der Waals surface area contributed by atoms with Crippen LogP contribution in [0.4, 0.5) is 11.4 Å². The van der Waals surface area contributed by atoms with Gasteiger partial charge in [-0.3, -0.25) is 25.0 Å². The lowest BCUT2D eigenvalue weighted by molar-refractivity contribution is -0.384. The van der Waals surface area contributed by atoms with Crippen LogP contribution in [0.3, 0.4) is 0 Å². The van der Waals surface area contributed by atoms with Crippen LogP contribution in [0.2, 0.25) is 0 Å². The highest BCUT2D eigenvalue weighted by Crippen LogP contribution is 2.16. The zero-order valence-electron chi connectivity index (χ0n) is 11.4. The number of nitrogens with zero attached hydrogens (tertiary/aromatic N) is 1. The lowest BCUT2D eigenvalue weighted by Gasteiger charge is -2.28. The van der Waals surface area contributed by atoms with Crippen LogP contribution in [0.25, 0.3) is 0 Å². The molecule has 0 spiro atoms. The average molecular weight is 325 g/mol. The quantitative estimate of drug-likeness (QED) is 0.439. The van der Waals surface area contributed by atoms with Crippen LogP contribution in [-0.2, 0) is 9.59 Å². The summed E-state index contributed by atoms with van der Waals surface area (Å²) in [7, 11) is 0. The summed E-state index contributed by atoms with van der Waals surface area (Å²) in [5, 5.41) is 18.7. The van der Waals surface area contributed by atoms with E-state index in [2.05, 4.69) is 16.0 Å². The first-order chi connectivity index (χ1) is 10.4. The van der Waals surface area contributed by atoms with Gasteiger partial charge in [0.1, 0.15) is 5.50 Å². The number of nitrogens with one attached hydrogen (secondary N) is 3. The summed E-state index contributed by atoms with van der Waals surface area (Å²) in [5.41, 5.74) is 5.65. The lowest BCUT2D eigenvalue weighted by Crippen LogP contribution is -2.58. The maximum atomic E-state index is 11.8. The molecule has 2 rings (SSSR count). The fourth-order valence-corrected chi connectivity index (χ4v) is 2.69. The number of thioether (sulfide) groups is 1. The lowest BCUT2D eigenvalue weighted by atomic mass is 10.3. The van der Waals surface area contributed by atoms with Gasteiger partial charge in [-0.15, -0.1) is 11.8 Å². The van der Waals surface area contributed by atoms with Gasteiger partial charge in [-0.05, 0) is 12.1 Å². The molecule has 1 heterocycles. The molecule has 0 radical (unpaired) electrons. The summed E-state index contributed by atoms with van der Waals surface area (Å²) in [6, 6.07) is 5.53. The fraction of sp³-hybridized carbons (Fsp3) is 0.333. The van der Waals surface area contributed by atoms with E-state index < -0.39 is 16.6 Å². The van der Waals surface area contributed by atoms with E-state index in [0.29, 0.717) is 5.69 Å². The van der Waals surface area contributed by atoms with Gasteiger partial charge in [0.15, 0.2) is 0 Å². The van der Waals surface area contributed by atoms with E-state index in [-0.39, 0.29) is 29.7 Å². The number of benzene rings is 1. The first kappa shape index (κ1) is 16.2. The molecule has 1 fully saturated rings. The van der Waals surface area contributed by atoms with Crippen LogP contribution in [0.15, 0.2) is 24.3 Å². The fourth-order valence-electron chi connectivity index (χ4n) is 1.81. The van der Waals surface area contributed by atoms with Crippen molar-refractivity contribution in [3.8, 4) is 0 Å². The van der Waals surface area contributed by atoms with Crippen molar-refractivity contribution in [2.24, 2.45) is 5.73 Å². The van der Waals surface area contributed by atoms with Gasteiger partial charge in [0, 0.05) is 17.8 Å². The second-order valence-corrected chi connectivity index (χ2v) is 5.68. The van der Waals surface area contributed by atoms with Crippen molar-refractivity contribution in [3.63, 3.8) is 0 Å². The third-order valence-corrected chi connectivity index (χ3v) is 3.82. The molecular weight excluding hydrogens is 310 g/mol. The number of hydrogen-bond acceptors (Lipinski definition) is 7. The number of carbonyl (C=O) groups excluding carboxylic acids is 2. The van der Waals surface area contributed by atoms with Crippen molar-refractivity contribution in [2.75, 3.05) is 11.1 Å². The molecule has 1 aliphatic rings. The maximum Gasteiger partial charge on any atom is 0.269 e. The van der Waals surface area contributed by atoms with Crippen LogP contribution in [-0.4, -0.2) is 34.2 Å². The normalized spacial score (nSPS) is 21.0.